The van der Waals surface area contributed by atoms with Gasteiger partial charge in [0.25, 0.3) is 0 Å². The molecule has 0 bridgehead atoms. The quantitative estimate of drug-likeness (QED) is 0.283. The minimum absolute atomic E-state index is 0.0638. The number of hydrogen-bond donors (Lipinski definition) is 4. The van der Waals surface area contributed by atoms with Gasteiger partial charge in [0.15, 0.2) is 5.82 Å². The first kappa shape index (κ1) is 23.1. The highest BCUT2D eigenvalue weighted by Crippen LogP contribution is 2.25. The summed E-state index contributed by atoms with van der Waals surface area (Å²) in [5, 5.41) is 19.8. The van der Waals surface area contributed by atoms with E-state index in [1.54, 1.807) is 36.4 Å². The highest BCUT2D eigenvalue weighted by atomic mass is 35.5. The molecule has 3 aromatic rings. The van der Waals surface area contributed by atoms with Crippen LogP contribution in [-0.2, 0) is 16.1 Å². The SMILES string of the molecule is Cc1ccc(Cl)cc1-c1nc(N)nc(Nc2ccc(COC(=O)CCC(=N)CO)cc2)n1. The van der Waals surface area contributed by atoms with E-state index in [0.717, 1.165) is 22.4 Å². The zero-order valence-corrected chi connectivity index (χ0v) is 18.2. The Kier molecular flexibility index (Phi) is 7.69. The smallest absolute Gasteiger partial charge is 0.306 e. The lowest BCUT2D eigenvalue weighted by atomic mass is 10.1. The van der Waals surface area contributed by atoms with Crippen molar-refractivity contribution < 1.29 is 14.6 Å². The minimum Gasteiger partial charge on any atom is -0.461 e. The maximum Gasteiger partial charge on any atom is 0.306 e. The first-order valence-corrected chi connectivity index (χ1v) is 10.2. The number of aliphatic hydroxyl groups excluding tert-OH is 1. The molecule has 0 radical (unpaired) electrons. The predicted molar refractivity (Wildman–Crippen MR) is 123 cm³/mol. The fourth-order valence-corrected chi connectivity index (χ4v) is 2.96. The molecule has 0 aliphatic carbocycles. The summed E-state index contributed by atoms with van der Waals surface area (Å²) in [6.45, 7) is 1.69. The molecule has 0 saturated heterocycles. The summed E-state index contributed by atoms with van der Waals surface area (Å²) in [4.78, 5) is 24.5. The number of esters is 1. The lowest BCUT2D eigenvalue weighted by Gasteiger charge is -2.10. The number of nitrogens with two attached hydrogens (primary N) is 1. The van der Waals surface area contributed by atoms with Crippen LogP contribution in [0.1, 0.15) is 24.0 Å². The standard InChI is InChI=1S/C22H23ClN6O3/c1-13-2-5-15(23)10-18(13)20-27-21(25)29-22(28-20)26-17-7-3-14(4-8-17)12-32-19(31)9-6-16(24)11-30/h2-5,7-8,10,24,30H,6,9,11-12H2,1H3,(H3,25,26,27,28,29). The number of ether oxygens (including phenoxy) is 1. The Hall–Kier alpha value is -3.56. The first-order valence-electron chi connectivity index (χ1n) is 9.81. The summed E-state index contributed by atoms with van der Waals surface area (Å²) < 4.78 is 5.18. The van der Waals surface area contributed by atoms with Gasteiger partial charge in [0, 0.05) is 22.0 Å². The van der Waals surface area contributed by atoms with Crippen molar-refractivity contribution in [2.75, 3.05) is 17.7 Å². The van der Waals surface area contributed by atoms with Crippen LogP contribution >= 0.6 is 11.6 Å². The first-order chi connectivity index (χ1) is 15.3. The summed E-state index contributed by atoms with van der Waals surface area (Å²) in [7, 11) is 0. The topological polar surface area (TPSA) is 147 Å². The second kappa shape index (κ2) is 10.7. The van der Waals surface area contributed by atoms with Crippen molar-refractivity contribution in [2.45, 2.75) is 26.4 Å². The van der Waals surface area contributed by atoms with E-state index in [0.29, 0.717) is 10.8 Å². The van der Waals surface area contributed by atoms with Crippen molar-refractivity contribution in [3.8, 4) is 11.4 Å². The van der Waals surface area contributed by atoms with Gasteiger partial charge in [-0.05, 0) is 48.7 Å². The molecule has 0 unspecified atom stereocenters. The molecule has 32 heavy (non-hydrogen) atoms. The van der Waals surface area contributed by atoms with Crippen molar-refractivity contribution in [1.82, 2.24) is 15.0 Å². The fourth-order valence-electron chi connectivity index (χ4n) is 2.79. The van der Waals surface area contributed by atoms with E-state index in [2.05, 4.69) is 20.3 Å². The fraction of sp³-hybridized carbons (Fsp3) is 0.227. The molecule has 3 rings (SSSR count). The zero-order valence-electron chi connectivity index (χ0n) is 17.4. The van der Waals surface area contributed by atoms with Crippen LogP contribution in [0.4, 0.5) is 17.6 Å². The number of aryl methyl sites for hydroxylation is 1. The van der Waals surface area contributed by atoms with E-state index >= 15 is 0 Å². The Morgan fingerprint density at radius 3 is 2.62 bits per heavy atom. The van der Waals surface area contributed by atoms with Crippen molar-refractivity contribution in [3.63, 3.8) is 0 Å². The van der Waals surface area contributed by atoms with E-state index in [1.165, 1.54) is 0 Å². The maximum absolute atomic E-state index is 11.7. The van der Waals surface area contributed by atoms with Gasteiger partial charge in [-0.15, -0.1) is 0 Å². The Bertz CT molecular complexity index is 1120. The number of halogens is 1. The molecule has 1 aromatic heterocycles. The zero-order chi connectivity index (χ0) is 23.1. The molecule has 2 aromatic carbocycles. The molecule has 10 heteroatoms. The number of anilines is 3. The number of nitrogens with one attached hydrogen (secondary N) is 2. The maximum atomic E-state index is 11.7. The van der Waals surface area contributed by atoms with Gasteiger partial charge < -0.3 is 26.3 Å². The van der Waals surface area contributed by atoms with Crippen LogP contribution in [0.2, 0.25) is 5.02 Å². The average Bonchev–Trinajstić information content (AvgIpc) is 2.78. The van der Waals surface area contributed by atoms with Gasteiger partial charge in [-0.25, -0.2) is 0 Å². The molecule has 5 N–H and O–H groups in total. The molecular weight excluding hydrogens is 432 g/mol. The summed E-state index contributed by atoms with van der Waals surface area (Å²) >= 11 is 6.11. The van der Waals surface area contributed by atoms with Crippen molar-refractivity contribution >= 4 is 40.9 Å². The number of carbonyl (C=O) groups is 1. The Balaban J connectivity index is 1.64. The van der Waals surface area contributed by atoms with E-state index in [1.807, 2.05) is 13.0 Å². The van der Waals surface area contributed by atoms with Crippen LogP contribution in [-0.4, -0.2) is 38.3 Å². The molecule has 166 valence electrons. The molecular formula is C22H23ClN6O3. The summed E-state index contributed by atoms with van der Waals surface area (Å²) in [6, 6.07) is 12.7. The third-order valence-corrected chi connectivity index (χ3v) is 4.76. The molecule has 0 aliphatic rings. The van der Waals surface area contributed by atoms with Gasteiger partial charge in [0.2, 0.25) is 11.9 Å². The van der Waals surface area contributed by atoms with Gasteiger partial charge in [-0.2, -0.15) is 15.0 Å². The predicted octanol–water partition coefficient (Wildman–Crippen LogP) is 3.66. The number of aromatic nitrogens is 3. The van der Waals surface area contributed by atoms with E-state index in [4.69, 9.17) is 32.6 Å². The third kappa shape index (κ3) is 6.47. The van der Waals surface area contributed by atoms with Crippen LogP contribution in [0.3, 0.4) is 0 Å². The van der Waals surface area contributed by atoms with Crippen LogP contribution in [0.15, 0.2) is 42.5 Å². The Morgan fingerprint density at radius 2 is 1.91 bits per heavy atom. The van der Waals surface area contributed by atoms with E-state index in [-0.39, 0.29) is 43.7 Å². The number of carbonyl (C=O) groups excluding carboxylic acids is 1. The summed E-state index contributed by atoms with van der Waals surface area (Å²) in [5.74, 6) is 0.361. The monoisotopic (exact) mass is 454 g/mol. The molecule has 0 spiro atoms. The van der Waals surface area contributed by atoms with Gasteiger partial charge >= 0.3 is 5.97 Å². The number of aliphatic hydroxyl groups is 1. The normalized spacial score (nSPS) is 10.6. The minimum atomic E-state index is -0.421. The lowest BCUT2D eigenvalue weighted by Crippen LogP contribution is -2.09. The molecule has 0 fully saturated rings. The number of nitrogen functional groups attached to an aromatic ring is 1. The number of hydrogen-bond acceptors (Lipinski definition) is 9. The van der Waals surface area contributed by atoms with Crippen molar-refractivity contribution in [2.24, 2.45) is 0 Å². The lowest BCUT2D eigenvalue weighted by molar-refractivity contribution is -0.144. The second-order valence-electron chi connectivity index (χ2n) is 7.04. The van der Waals surface area contributed by atoms with Crippen molar-refractivity contribution in [3.05, 3.63) is 58.6 Å². The van der Waals surface area contributed by atoms with E-state index < -0.39 is 5.97 Å². The van der Waals surface area contributed by atoms with Crippen LogP contribution < -0.4 is 11.1 Å². The Morgan fingerprint density at radius 1 is 1.16 bits per heavy atom. The van der Waals surface area contributed by atoms with Crippen molar-refractivity contribution in [1.29, 1.82) is 5.41 Å². The summed E-state index contributed by atoms with van der Waals surface area (Å²) in [6.07, 6.45) is 0.248. The van der Waals surface area contributed by atoms with Crippen LogP contribution in [0, 0.1) is 12.3 Å². The molecule has 1 heterocycles. The van der Waals surface area contributed by atoms with Gasteiger partial charge in [-0.3, -0.25) is 4.79 Å². The molecule has 0 aliphatic heterocycles. The van der Waals surface area contributed by atoms with Gasteiger partial charge in [-0.1, -0.05) is 29.8 Å². The summed E-state index contributed by atoms with van der Waals surface area (Å²) in [5.41, 5.74) is 9.21. The van der Waals surface area contributed by atoms with Gasteiger partial charge in [0.1, 0.15) is 6.61 Å². The number of rotatable bonds is 9. The molecule has 9 nitrogen and oxygen atoms in total. The Labute approximate surface area is 190 Å². The number of nitrogens with zero attached hydrogens (tertiary/aromatic N) is 3. The van der Waals surface area contributed by atoms with E-state index in [9.17, 15) is 4.79 Å². The molecule has 0 saturated carbocycles. The second-order valence-corrected chi connectivity index (χ2v) is 7.48. The highest BCUT2D eigenvalue weighted by molar-refractivity contribution is 6.30. The highest BCUT2D eigenvalue weighted by Gasteiger charge is 2.11. The van der Waals surface area contributed by atoms with Gasteiger partial charge in [0.05, 0.1) is 13.0 Å². The molecule has 0 atom stereocenters. The third-order valence-electron chi connectivity index (χ3n) is 4.52. The average molecular weight is 455 g/mol. The van der Waals surface area contributed by atoms with Crippen LogP contribution in [0.5, 0.6) is 0 Å². The number of benzene rings is 2. The largest absolute Gasteiger partial charge is 0.461 e. The van der Waals surface area contributed by atoms with Crippen LogP contribution in [0.25, 0.3) is 11.4 Å². The molecule has 0 amide bonds.